The molecular formula is C13H18N2O. The van der Waals surface area contributed by atoms with Crippen LogP contribution in [0.3, 0.4) is 0 Å². The number of aryl methyl sites for hydroxylation is 1. The van der Waals surface area contributed by atoms with Gasteiger partial charge in [-0.05, 0) is 25.5 Å². The van der Waals surface area contributed by atoms with Crippen LogP contribution in [-0.4, -0.2) is 23.9 Å². The molecule has 1 aromatic rings. The van der Waals surface area contributed by atoms with Crippen molar-refractivity contribution in [1.29, 1.82) is 0 Å². The summed E-state index contributed by atoms with van der Waals surface area (Å²) in [5.41, 5.74) is 7.97. The summed E-state index contributed by atoms with van der Waals surface area (Å²) >= 11 is 0. The first-order valence-corrected chi connectivity index (χ1v) is 5.37. The van der Waals surface area contributed by atoms with Crippen molar-refractivity contribution >= 4 is 11.6 Å². The lowest BCUT2D eigenvalue weighted by Gasteiger charge is -2.20. The van der Waals surface area contributed by atoms with Crippen LogP contribution in [0.1, 0.15) is 22.8 Å². The van der Waals surface area contributed by atoms with Crippen molar-refractivity contribution in [1.82, 2.24) is 4.90 Å². The molecule has 1 rings (SSSR count). The van der Waals surface area contributed by atoms with E-state index >= 15 is 0 Å². The van der Waals surface area contributed by atoms with E-state index in [1.54, 1.807) is 17.0 Å². The van der Waals surface area contributed by atoms with Gasteiger partial charge in [0.1, 0.15) is 0 Å². The lowest BCUT2D eigenvalue weighted by Crippen LogP contribution is -2.31. The molecule has 1 aromatic carbocycles. The number of carbonyl (C=O) groups excluding carboxylic acids is 1. The molecule has 86 valence electrons. The van der Waals surface area contributed by atoms with Crippen molar-refractivity contribution in [3.63, 3.8) is 0 Å². The van der Waals surface area contributed by atoms with Crippen molar-refractivity contribution in [3.05, 3.63) is 42.0 Å². The number of hydrogen-bond acceptors (Lipinski definition) is 2. The second kappa shape index (κ2) is 5.35. The van der Waals surface area contributed by atoms with E-state index in [0.717, 1.165) is 5.56 Å². The molecule has 0 saturated heterocycles. The van der Waals surface area contributed by atoms with Crippen LogP contribution >= 0.6 is 0 Å². The van der Waals surface area contributed by atoms with Crippen molar-refractivity contribution in [2.24, 2.45) is 0 Å². The number of nitrogen functional groups attached to an aromatic ring is 1. The largest absolute Gasteiger partial charge is 0.398 e. The molecule has 2 N–H and O–H groups in total. The number of nitrogens with two attached hydrogens (primary N) is 1. The zero-order valence-corrected chi connectivity index (χ0v) is 9.86. The Hall–Kier alpha value is -1.77. The van der Waals surface area contributed by atoms with Gasteiger partial charge in [0.25, 0.3) is 5.91 Å². The molecule has 16 heavy (non-hydrogen) atoms. The Morgan fingerprint density at radius 3 is 2.81 bits per heavy atom. The number of carbonyl (C=O) groups is 1. The van der Waals surface area contributed by atoms with E-state index < -0.39 is 0 Å². The minimum atomic E-state index is -0.0383. The van der Waals surface area contributed by atoms with Gasteiger partial charge in [0.15, 0.2) is 0 Å². The highest BCUT2D eigenvalue weighted by molar-refractivity contribution is 5.99. The second-order valence-corrected chi connectivity index (χ2v) is 3.67. The van der Waals surface area contributed by atoms with Crippen LogP contribution in [-0.2, 0) is 0 Å². The molecule has 0 unspecified atom stereocenters. The molecule has 0 spiro atoms. The number of anilines is 1. The monoisotopic (exact) mass is 218 g/mol. The van der Waals surface area contributed by atoms with Gasteiger partial charge in [-0.2, -0.15) is 0 Å². The normalized spacial score (nSPS) is 9.88. The van der Waals surface area contributed by atoms with Crippen LogP contribution < -0.4 is 5.73 Å². The molecule has 1 amide bonds. The van der Waals surface area contributed by atoms with E-state index in [1.165, 1.54) is 0 Å². The van der Waals surface area contributed by atoms with Gasteiger partial charge in [0.05, 0.1) is 5.56 Å². The van der Waals surface area contributed by atoms with E-state index in [9.17, 15) is 4.79 Å². The summed E-state index contributed by atoms with van der Waals surface area (Å²) < 4.78 is 0. The molecule has 0 aromatic heterocycles. The summed E-state index contributed by atoms with van der Waals surface area (Å²) in [5, 5.41) is 0. The van der Waals surface area contributed by atoms with Crippen LogP contribution in [0.5, 0.6) is 0 Å². The lowest BCUT2D eigenvalue weighted by molar-refractivity contribution is 0.0783. The SMILES string of the molecule is C=CCN(CC)C(=O)c1cccc(C)c1N. The highest BCUT2D eigenvalue weighted by Crippen LogP contribution is 2.18. The molecule has 0 heterocycles. The van der Waals surface area contributed by atoms with E-state index in [0.29, 0.717) is 24.3 Å². The van der Waals surface area contributed by atoms with Crippen molar-refractivity contribution < 1.29 is 4.79 Å². The maximum Gasteiger partial charge on any atom is 0.256 e. The fourth-order valence-corrected chi connectivity index (χ4v) is 1.55. The molecule has 0 radical (unpaired) electrons. The molecule has 0 saturated carbocycles. The van der Waals surface area contributed by atoms with Gasteiger partial charge in [-0.25, -0.2) is 0 Å². The highest BCUT2D eigenvalue weighted by Gasteiger charge is 2.15. The number of nitrogens with zero attached hydrogens (tertiary/aromatic N) is 1. The van der Waals surface area contributed by atoms with Crippen LogP contribution in [0.15, 0.2) is 30.9 Å². The molecule has 0 aliphatic carbocycles. The lowest BCUT2D eigenvalue weighted by atomic mass is 10.1. The second-order valence-electron chi connectivity index (χ2n) is 3.67. The molecule has 3 nitrogen and oxygen atoms in total. The Bertz CT molecular complexity index is 399. The van der Waals surface area contributed by atoms with Gasteiger partial charge in [0, 0.05) is 18.8 Å². The Kier molecular flexibility index (Phi) is 4.11. The number of para-hydroxylation sites is 1. The van der Waals surface area contributed by atoms with Gasteiger partial charge in [-0.15, -0.1) is 6.58 Å². The van der Waals surface area contributed by atoms with Crippen molar-refractivity contribution in [3.8, 4) is 0 Å². The quantitative estimate of drug-likeness (QED) is 0.622. The summed E-state index contributed by atoms with van der Waals surface area (Å²) in [6.07, 6.45) is 1.72. The topological polar surface area (TPSA) is 46.3 Å². The Balaban J connectivity index is 3.03. The third-order valence-corrected chi connectivity index (χ3v) is 2.57. The minimum Gasteiger partial charge on any atom is -0.398 e. The number of likely N-dealkylation sites (N-methyl/N-ethyl adjacent to an activating group) is 1. The van der Waals surface area contributed by atoms with E-state index in [4.69, 9.17) is 5.73 Å². The van der Waals surface area contributed by atoms with Crippen LogP contribution in [0.2, 0.25) is 0 Å². The standard InChI is InChI=1S/C13H18N2O/c1-4-9-15(5-2)13(16)11-8-6-7-10(3)12(11)14/h4,6-8H,1,5,9,14H2,2-3H3. The Labute approximate surface area is 96.6 Å². The van der Waals surface area contributed by atoms with Gasteiger partial charge < -0.3 is 10.6 Å². The molecule has 0 aliphatic heterocycles. The first-order valence-electron chi connectivity index (χ1n) is 5.37. The Morgan fingerprint density at radius 1 is 1.56 bits per heavy atom. The van der Waals surface area contributed by atoms with E-state index in [2.05, 4.69) is 6.58 Å². The minimum absolute atomic E-state index is 0.0383. The summed E-state index contributed by atoms with van der Waals surface area (Å²) in [7, 11) is 0. The third kappa shape index (κ3) is 2.42. The van der Waals surface area contributed by atoms with Gasteiger partial charge in [-0.3, -0.25) is 4.79 Å². The number of benzene rings is 1. The zero-order valence-electron chi connectivity index (χ0n) is 9.86. The maximum absolute atomic E-state index is 12.1. The average molecular weight is 218 g/mol. The molecule has 3 heteroatoms. The molecule has 0 atom stereocenters. The number of hydrogen-bond donors (Lipinski definition) is 1. The molecule has 0 bridgehead atoms. The smallest absolute Gasteiger partial charge is 0.256 e. The number of rotatable bonds is 4. The van der Waals surface area contributed by atoms with Crippen molar-refractivity contribution in [2.75, 3.05) is 18.8 Å². The highest BCUT2D eigenvalue weighted by atomic mass is 16.2. The third-order valence-electron chi connectivity index (χ3n) is 2.57. The molecule has 0 fully saturated rings. The van der Waals surface area contributed by atoms with E-state index in [1.807, 2.05) is 26.0 Å². The van der Waals surface area contributed by atoms with Crippen LogP contribution in [0.25, 0.3) is 0 Å². The number of amides is 1. The predicted molar refractivity (Wildman–Crippen MR) is 67.4 cm³/mol. The molecular weight excluding hydrogens is 200 g/mol. The maximum atomic E-state index is 12.1. The average Bonchev–Trinajstić information content (AvgIpc) is 2.29. The fraction of sp³-hybridized carbons (Fsp3) is 0.308. The first-order chi connectivity index (χ1) is 7.61. The van der Waals surface area contributed by atoms with Gasteiger partial charge in [0.2, 0.25) is 0 Å². The van der Waals surface area contributed by atoms with E-state index in [-0.39, 0.29) is 5.91 Å². The van der Waals surface area contributed by atoms with Gasteiger partial charge in [-0.1, -0.05) is 18.2 Å². The summed E-state index contributed by atoms with van der Waals surface area (Å²) in [4.78, 5) is 13.8. The van der Waals surface area contributed by atoms with Crippen molar-refractivity contribution in [2.45, 2.75) is 13.8 Å². The Morgan fingerprint density at radius 2 is 2.25 bits per heavy atom. The fourth-order valence-electron chi connectivity index (χ4n) is 1.55. The van der Waals surface area contributed by atoms with Gasteiger partial charge >= 0.3 is 0 Å². The molecule has 0 aliphatic rings. The first kappa shape index (κ1) is 12.3. The summed E-state index contributed by atoms with van der Waals surface area (Å²) in [6, 6.07) is 5.51. The van der Waals surface area contributed by atoms with Crippen LogP contribution in [0.4, 0.5) is 5.69 Å². The van der Waals surface area contributed by atoms with Crippen LogP contribution in [0, 0.1) is 6.92 Å². The summed E-state index contributed by atoms with van der Waals surface area (Å²) in [5.74, 6) is -0.0383. The predicted octanol–water partition coefficient (Wildman–Crippen LogP) is 2.23. The summed E-state index contributed by atoms with van der Waals surface area (Å²) in [6.45, 7) is 8.67. The zero-order chi connectivity index (χ0) is 12.1.